The average Bonchev–Trinajstić information content (AvgIpc) is 3.30. The number of aryl methyl sites for hydroxylation is 1. The lowest BCUT2D eigenvalue weighted by molar-refractivity contribution is -0.126. The first-order valence-electron chi connectivity index (χ1n) is 11.8. The molecular formula is C26H33N3O4. The molecule has 2 N–H and O–H groups in total. The van der Waals surface area contributed by atoms with E-state index in [1.54, 1.807) is 0 Å². The molecule has 0 radical (unpaired) electrons. The van der Waals surface area contributed by atoms with E-state index in [0.29, 0.717) is 25.4 Å². The van der Waals surface area contributed by atoms with Crippen molar-refractivity contribution in [3.63, 3.8) is 0 Å². The highest BCUT2D eigenvalue weighted by Gasteiger charge is 2.35. The van der Waals surface area contributed by atoms with Crippen LogP contribution < -0.4 is 20.1 Å². The van der Waals surface area contributed by atoms with Crippen molar-refractivity contribution in [1.29, 1.82) is 0 Å². The number of unbranched alkanes of at least 4 members (excludes halogenated alkanes) is 1. The largest absolute Gasteiger partial charge is 0.454 e. The Labute approximate surface area is 195 Å². The molecule has 3 amide bonds. The van der Waals surface area contributed by atoms with Crippen LogP contribution in [-0.2, 0) is 11.3 Å². The molecule has 2 atom stereocenters. The van der Waals surface area contributed by atoms with Crippen LogP contribution in [0.2, 0.25) is 0 Å². The summed E-state index contributed by atoms with van der Waals surface area (Å²) in [6.07, 6.45) is 3.46. The van der Waals surface area contributed by atoms with Gasteiger partial charge in [0, 0.05) is 19.6 Å². The summed E-state index contributed by atoms with van der Waals surface area (Å²) >= 11 is 0. The number of hydrogen-bond acceptors (Lipinski definition) is 4. The highest BCUT2D eigenvalue weighted by atomic mass is 16.7. The van der Waals surface area contributed by atoms with E-state index < -0.39 is 0 Å². The smallest absolute Gasteiger partial charge is 0.317 e. The number of urea groups is 1. The maximum absolute atomic E-state index is 13.1. The lowest BCUT2D eigenvalue weighted by Gasteiger charge is -2.39. The zero-order valence-corrected chi connectivity index (χ0v) is 19.4. The maximum atomic E-state index is 13.1. The van der Waals surface area contributed by atoms with Crippen molar-refractivity contribution in [2.45, 2.75) is 52.1 Å². The minimum Gasteiger partial charge on any atom is -0.454 e. The summed E-state index contributed by atoms with van der Waals surface area (Å²) in [7, 11) is 0. The molecule has 2 heterocycles. The summed E-state index contributed by atoms with van der Waals surface area (Å²) in [5, 5.41) is 6.08. The van der Waals surface area contributed by atoms with E-state index >= 15 is 0 Å². The van der Waals surface area contributed by atoms with Gasteiger partial charge < -0.3 is 25.0 Å². The molecule has 2 aliphatic rings. The predicted octanol–water partition coefficient (Wildman–Crippen LogP) is 4.30. The number of carbonyl (C=O) groups is 2. The van der Waals surface area contributed by atoms with E-state index in [4.69, 9.17) is 9.47 Å². The second-order valence-electron chi connectivity index (χ2n) is 8.85. The minimum absolute atomic E-state index is 0.0237. The molecule has 1 saturated heterocycles. The third-order valence-electron chi connectivity index (χ3n) is 6.35. The first-order valence-corrected chi connectivity index (χ1v) is 11.8. The number of amides is 3. The topological polar surface area (TPSA) is 79.9 Å². The molecule has 0 aromatic heterocycles. The molecule has 0 aliphatic carbocycles. The lowest BCUT2D eigenvalue weighted by Crippen LogP contribution is -2.50. The molecular weight excluding hydrogens is 418 g/mol. The van der Waals surface area contributed by atoms with Gasteiger partial charge in [0.2, 0.25) is 12.7 Å². The van der Waals surface area contributed by atoms with Crippen LogP contribution in [0.1, 0.15) is 55.3 Å². The number of nitrogens with one attached hydrogen (secondary N) is 2. The summed E-state index contributed by atoms with van der Waals surface area (Å²) in [6.45, 7) is 5.85. The first-order chi connectivity index (χ1) is 16.0. The zero-order chi connectivity index (χ0) is 23.2. The van der Waals surface area contributed by atoms with E-state index in [2.05, 4.69) is 42.7 Å². The minimum atomic E-state index is -0.239. The molecule has 0 bridgehead atoms. The molecule has 7 nitrogen and oxygen atoms in total. The molecule has 0 spiro atoms. The molecule has 2 aromatic carbocycles. The molecule has 176 valence electrons. The number of ether oxygens (including phenoxy) is 2. The maximum Gasteiger partial charge on any atom is 0.317 e. The number of hydrogen-bond donors (Lipinski definition) is 2. The Balaban J connectivity index is 1.41. The molecule has 1 fully saturated rings. The van der Waals surface area contributed by atoms with Gasteiger partial charge >= 0.3 is 6.03 Å². The molecule has 2 aliphatic heterocycles. The van der Waals surface area contributed by atoms with Crippen LogP contribution in [-0.4, -0.2) is 36.7 Å². The molecule has 33 heavy (non-hydrogen) atoms. The summed E-state index contributed by atoms with van der Waals surface area (Å²) < 4.78 is 10.8. The van der Waals surface area contributed by atoms with Gasteiger partial charge in [-0.1, -0.05) is 49.2 Å². The Morgan fingerprint density at radius 1 is 1.06 bits per heavy atom. The summed E-state index contributed by atoms with van der Waals surface area (Å²) in [4.78, 5) is 27.9. The number of rotatable bonds is 7. The Morgan fingerprint density at radius 2 is 1.91 bits per heavy atom. The fourth-order valence-corrected chi connectivity index (χ4v) is 4.49. The van der Waals surface area contributed by atoms with Crippen LogP contribution in [0.15, 0.2) is 42.5 Å². The van der Waals surface area contributed by atoms with E-state index in [1.807, 2.05) is 29.2 Å². The van der Waals surface area contributed by atoms with Crippen molar-refractivity contribution in [1.82, 2.24) is 15.5 Å². The van der Waals surface area contributed by atoms with Crippen molar-refractivity contribution < 1.29 is 19.1 Å². The van der Waals surface area contributed by atoms with Gasteiger partial charge in [0.05, 0.1) is 12.0 Å². The highest BCUT2D eigenvalue weighted by molar-refractivity contribution is 5.81. The number of nitrogens with zero attached hydrogens (tertiary/aromatic N) is 1. The number of piperidine rings is 1. The van der Waals surface area contributed by atoms with Crippen molar-refractivity contribution in [3.05, 3.63) is 59.2 Å². The summed E-state index contributed by atoms with van der Waals surface area (Å²) in [5.74, 6) is 1.17. The van der Waals surface area contributed by atoms with Crippen LogP contribution in [0.3, 0.4) is 0 Å². The van der Waals surface area contributed by atoms with Gasteiger partial charge in [-0.15, -0.1) is 0 Å². The van der Waals surface area contributed by atoms with Crippen molar-refractivity contribution in [2.24, 2.45) is 5.92 Å². The molecule has 2 unspecified atom stereocenters. The molecule has 4 rings (SSSR count). The SMILES string of the molecule is CCCCNC(=O)N1CC(C(=O)NCc2ccc3c(c2)OCO3)CCC1c1cccc(C)c1. The van der Waals surface area contributed by atoms with Gasteiger partial charge in [0.1, 0.15) is 0 Å². The molecule has 7 heteroatoms. The van der Waals surface area contributed by atoms with Crippen molar-refractivity contribution >= 4 is 11.9 Å². The van der Waals surface area contributed by atoms with Gasteiger partial charge in [-0.3, -0.25) is 4.79 Å². The fourth-order valence-electron chi connectivity index (χ4n) is 4.49. The van der Waals surface area contributed by atoms with Crippen molar-refractivity contribution in [3.8, 4) is 11.5 Å². The quantitative estimate of drug-likeness (QED) is 0.615. The number of benzene rings is 2. The van der Waals surface area contributed by atoms with Crippen molar-refractivity contribution in [2.75, 3.05) is 19.9 Å². The molecule has 2 aromatic rings. The van der Waals surface area contributed by atoms with E-state index in [9.17, 15) is 9.59 Å². The molecule has 0 saturated carbocycles. The van der Waals surface area contributed by atoms with Crippen LogP contribution >= 0.6 is 0 Å². The number of fused-ring (bicyclic) bond motifs is 1. The summed E-state index contributed by atoms with van der Waals surface area (Å²) in [5.41, 5.74) is 3.25. The Morgan fingerprint density at radius 3 is 2.73 bits per heavy atom. The van der Waals surface area contributed by atoms with Gasteiger partial charge in [-0.25, -0.2) is 4.79 Å². The second kappa shape index (κ2) is 10.6. The lowest BCUT2D eigenvalue weighted by atomic mass is 9.88. The van der Waals surface area contributed by atoms with Crippen LogP contribution in [0, 0.1) is 12.8 Å². The predicted molar refractivity (Wildman–Crippen MR) is 126 cm³/mol. The highest BCUT2D eigenvalue weighted by Crippen LogP contribution is 2.35. The Bertz CT molecular complexity index is 993. The normalized spacial score (nSPS) is 19.3. The van der Waals surface area contributed by atoms with Gasteiger partial charge in [0.15, 0.2) is 11.5 Å². The zero-order valence-electron chi connectivity index (χ0n) is 19.4. The average molecular weight is 452 g/mol. The van der Waals surface area contributed by atoms with Gasteiger partial charge in [0.25, 0.3) is 0 Å². The monoisotopic (exact) mass is 451 g/mol. The standard InChI is InChI=1S/C26H33N3O4/c1-3-4-12-27-26(31)29-16-21(9-10-22(29)20-7-5-6-18(2)13-20)25(30)28-15-19-8-11-23-24(14-19)33-17-32-23/h5-8,11,13-14,21-22H,3-4,9-10,12,15-17H2,1-2H3,(H,27,31)(H,28,30). The Hall–Kier alpha value is -3.22. The van der Waals surface area contributed by atoms with E-state index in [0.717, 1.165) is 42.6 Å². The number of carbonyl (C=O) groups excluding carboxylic acids is 2. The van der Waals surface area contributed by atoms with E-state index in [1.165, 1.54) is 5.56 Å². The van der Waals surface area contributed by atoms with E-state index in [-0.39, 0.29) is 30.7 Å². The van der Waals surface area contributed by atoms with Gasteiger partial charge in [-0.2, -0.15) is 0 Å². The van der Waals surface area contributed by atoms with Crippen LogP contribution in [0.5, 0.6) is 11.5 Å². The van der Waals surface area contributed by atoms with Crippen LogP contribution in [0.25, 0.3) is 0 Å². The third-order valence-corrected chi connectivity index (χ3v) is 6.35. The van der Waals surface area contributed by atoms with Crippen LogP contribution in [0.4, 0.5) is 4.79 Å². The first kappa shape index (κ1) is 23.0. The Kier molecular flexibility index (Phi) is 7.37. The fraction of sp³-hybridized carbons (Fsp3) is 0.462. The third kappa shape index (κ3) is 5.59. The second-order valence-corrected chi connectivity index (χ2v) is 8.85. The number of likely N-dealkylation sites (tertiary alicyclic amines) is 1. The van der Waals surface area contributed by atoms with Gasteiger partial charge in [-0.05, 0) is 49.4 Å². The summed E-state index contributed by atoms with van der Waals surface area (Å²) in [6, 6.07) is 13.9.